The smallest absolute Gasteiger partial charge is 0.277 e. The third-order valence-electron chi connectivity index (χ3n) is 3.76. The van der Waals surface area contributed by atoms with Crippen molar-refractivity contribution >= 4 is 29.3 Å². The SMILES string of the molecule is CC(c1ccccc1)N1C(=O)/C(=C/c2ccc(F)cc2)NC1=S. The van der Waals surface area contributed by atoms with Crippen LogP contribution in [-0.4, -0.2) is 15.9 Å². The van der Waals surface area contributed by atoms with E-state index < -0.39 is 0 Å². The molecule has 2 aromatic rings. The van der Waals surface area contributed by atoms with Gasteiger partial charge in [-0.25, -0.2) is 4.39 Å². The van der Waals surface area contributed by atoms with Crippen LogP contribution in [0.3, 0.4) is 0 Å². The molecule has 1 atom stereocenters. The predicted octanol–water partition coefficient (Wildman–Crippen LogP) is 3.64. The fraction of sp³-hybridized carbons (Fsp3) is 0.111. The molecule has 1 fully saturated rings. The van der Waals surface area contributed by atoms with Crippen molar-refractivity contribution in [3.63, 3.8) is 0 Å². The monoisotopic (exact) mass is 326 g/mol. The van der Waals surface area contributed by atoms with E-state index in [1.54, 1.807) is 23.1 Å². The van der Waals surface area contributed by atoms with E-state index in [4.69, 9.17) is 12.2 Å². The third kappa shape index (κ3) is 3.14. The lowest BCUT2D eigenvalue weighted by atomic mass is 10.1. The Morgan fingerprint density at radius 3 is 2.43 bits per heavy atom. The number of nitrogens with zero attached hydrogens (tertiary/aromatic N) is 1. The van der Waals surface area contributed by atoms with Crippen molar-refractivity contribution in [2.24, 2.45) is 0 Å². The molecule has 1 aliphatic heterocycles. The Hall–Kier alpha value is -2.53. The summed E-state index contributed by atoms with van der Waals surface area (Å²) >= 11 is 5.30. The molecule has 0 radical (unpaired) electrons. The standard InChI is InChI=1S/C18H15FN2OS/c1-12(14-5-3-2-4-6-14)21-17(22)16(20-18(21)23)11-13-7-9-15(19)10-8-13/h2-12H,1H3,(H,20,23)/b16-11-. The Kier molecular flexibility index (Phi) is 4.21. The lowest BCUT2D eigenvalue weighted by Crippen LogP contribution is -2.33. The number of amides is 1. The Morgan fingerprint density at radius 2 is 1.78 bits per heavy atom. The zero-order chi connectivity index (χ0) is 16.4. The lowest BCUT2D eigenvalue weighted by Gasteiger charge is -2.23. The highest BCUT2D eigenvalue weighted by atomic mass is 32.1. The van der Waals surface area contributed by atoms with Crippen LogP contribution in [0.25, 0.3) is 6.08 Å². The van der Waals surface area contributed by atoms with Crippen molar-refractivity contribution in [3.05, 3.63) is 77.2 Å². The molecule has 2 aromatic carbocycles. The number of hydrogen-bond donors (Lipinski definition) is 1. The Bertz CT molecular complexity index is 771. The Balaban J connectivity index is 1.86. The molecule has 5 heteroatoms. The third-order valence-corrected chi connectivity index (χ3v) is 4.06. The van der Waals surface area contributed by atoms with E-state index in [2.05, 4.69) is 5.32 Å². The number of hydrogen-bond acceptors (Lipinski definition) is 2. The molecule has 1 saturated heterocycles. The first kappa shape index (κ1) is 15.4. The molecule has 116 valence electrons. The quantitative estimate of drug-likeness (QED) is 0.690. The molecule has 0 aliphatic carbocycles. The van der Waals surface area contributed by atoms with Gasteiger partial charge in [0.1, 0.15) is 11.5 Å². The Morgan fingerprint density at radius 1 is 1.13 bits per heavy atom. The molecule has 0 bridgehead atoms. The van der Waals surface area contributed by atoms with Gasteiger partial charge in [0.2, 0.25) is 0 Å². The van der Waals surface area contributed by atoms with Gasteiger partial charge >= 0.3 is 0 Å². The highest BCUT2D eigenvalue weighted by Gasteiger charge is 2.34. The van der Waals surface area contributed by atoms with Gasteiger partial charge in [-0.05, 0) is 48.5 Å². The van der Waals surface area contributed by atoms with Crippen LogP contribution in [0.5, 0.6) is 0 Å². The van der Waals surface area contributed by atoms with Crippen LogP contribution in [0.15, 0.2) is 60.3 Å². The van der Waals surface area contributed by atoms with Crippen LogP contribution >= 0.6 is 12.2 Å². The van der Waals surface area contributed by atoms with Gasteiger partial charge in [0.25, 0.3) is 5.91 Å². The molecule has 1 N–H and O–H groups in total. The minimum Gasteiger partial charge on any atom is -0.328 e. The number of halogens is 1. The van der Waals surface area contributed by atoms with Crippen LogP contribution in [0.1, 0.15) is 24.1 Å². The Labute approximate surface area is 139 Å². The fourth-order valence-corrected chi connectivity index (χ4v) is 2.86. The lowest BCUT2D eigenvalue weighted by molar-refractivity contribution is -0.123. The maximum absolute atomic E-state index is 13.0. The fourth-order valence-electron chi connectivity index (χ4n) is 2.51. The zero-order valence-corrected chi connectivity index (χ0v) is 13.3. The summed E-state index contributed by atoms with van der Waals surface area (Å²) in [6.45, 7) is 1.93. The van der Waals surface area contributed by atoms with Gasteiger partial charge in [-0.3, -0.25) is 9.69 Å². The topological polar surface area (TPSA) is 32.3 Å². The molecule has 1 unspecified atom stereocenters. The number of nitrogens with one attached hydrogen (secondary N) is 1. The molecule has 1 amide bonds. The van der Waals surface area contributed by atoms with Crippen molar-refractivity contribution in [1.82, 2.24) is 10.2 Å². The molecule has 3 rings (SSSR count). The van der Waals surface area contributed by atoms with Crippen LogP contribution in [0.2, 0.25) is 0 Å². The summed E-state index contributed by atoms with van der Waals surface area (Å²) in [4.78, 5) is 14.2. The van der Waals surface area contributed by atoms with Crippen molar-refractivity contribution in [2.45, 2.75) is 13.0 Å². The van der Waals surface area contributed by atoms with Crippen LogP contribution < -0.4 is 5.32 Å². The van der Waals surface area contributed by atoms with E-state index >= 15 is 0 Å². The molecule has 0 spiro atoms. The van der Waals surface area contributed by atoms with E-state index in [9.17, 15) is 9.18 Å². The molecular formula is C18H15FN2OS. The summed E-state index contributed by atoms with van der Waals surface area (Å²) in [6.07, 6.45) is 1.67. The average molecular weight is 326 g/mol. The van der Waals surface area contributed by atoms with Gasteiger partial charge < -0.3 is 5.32 Å². The summed E-state index contributed by atoms with van der Waals surface area (Å²) in [5.74, 6) is -0.497. The molecule has 1 aliphatic rings. The second-order valence-corrected chi connectivity index (χ2v) is 5.69. The largest absolute Gasteiger partial charge is 0.328 e. The molecule has 0 aromatic heterocycles. The predicted molar refractivity (Wildman–Crippen MR) is 91.8 cm³/mol. The second kappa shape index (κ2) is 6.30. The molecule has 3 nitrogen and oxygen atoms in total. The van der Waals surface area contributed by atoms with Crippen LogP contribution in [0.4, 0.5) is 4.39 Å². The van der Waals surface area contributed by atoms with E-state index in [0.29, 0.717) is 10.8 Å². The first-order valence-corrected chi connectivity index (χ1v) is 7.64. The maximum Gasteiger partial charge on any atom is 0.277 e. The maximum atomic E-state index is 13.0. The van der Waals surface area contributed by atoms with Crippen LogP contribution in [0, 0.1) is 5.82 Å². The van der Waals surface area contributed by atoms with E-state index in [-0.39, 0.29) is 17.8 Å². The zero-order valence-electron chi connectivity index (χ0n) is 12.5. The normalized spacial score (nSPS) is 17.5. The molecular weight excluding hydrogens is 311 g/mol. The van der Waals surface area contributed by atoms with E-state index in [1.807, 2.05) is 37.3 Å². The summed E-state index contributed by atoms with van der Waals surface area (Å²) < 4.78 is 13.0. The van der Waals surface area contributed by atoms with Crippen molar-refractivity contribution in [3.8, 4) is 0 Å². The highest BCUT2D eigenvalue weighted by molar-refractivity contribution is 7.80. The number of benzene rings is 2. The average Bonchev–Trinajstić information content (AvgIpc) is 2.84. The molecule has 0 saturated carbocycles. The molecule has 1 heterocycles. The number of thiocarbonyl (C=S) groups is 1. The van der Waals surface area contributed by atoms with Crippen molar-refractivity contribution in [1.29, 1.82) is 0 Å². The first-order chi connectivity index (χ1) is 11.1. The highest BCUT2D eigenvalue weighted by Crippen LogP contribution is 2.26. The van der Waals surface area contributed by atoms with Gasteiger partial charge in [-0.2, -0.15) is 0 Å². The summed E-state index contributed by atoms with van der Waals surface area (Å²) in [5, 5.41) is 3.32. The first-order valence-electron chi connectivity index (χ1n) is 7.23. The number of carbonyl (C=O) groups is 1. The van der Waals surface area contributed by atoms with E-state index in [1.165, 1.54) is 12.1 Å². The minimum atomic E-state index is -0.312. The van der Waals surface area contributed by atoms with Crippen molar-refractivity contribution < 1.29 is 9.18 Å². The van der Waals surface area contributed by atoms with Gasteiger partial charge in [0.05, 0.1) is 6.04 Å². The number of rotatable bonds is 3. The van der Waals surface area contributed by atoms with E-state index in [0.717, 1.165) is 11.1 Å². The summed E-state index contributed by atoms with van der Waals surface area (Å²) in [7, 11) is 0. The summed E-state index contributed by atoms with van der Waals surface area (Å²) in [6, 6.07) is 15.5. The second-order valence-electron chi connectivity index (χ2n) is 5.30. The van der Waals surface area contributed by atoms with Gasteiger partial charge in [-0.1, -0.05) is 42.5 Å². The summed E-state index contributed by atoms with van der Waals surface area (Å²) in [5.41, 5.74) is 2.14. The number of carbonyl (C=O) groups excluding carboxylic acids is 1. The van der Waals surface area contributed by atoms with Gasteiger partial charge in [0, 0.05) is 0 Å². The van der Waals surface area contributed by atoms with Crippen LogP contribution in [-0.2, 0) is 4.79 Å². The van der Waals surface area contributed by atoms with Crippen molar-refractivity contribution in [2.75, 3.05) is 0 Å². The van der Waals surface area contributed by atoms with Gasteiger partial charge in [-0.15, -0.1) is 0 Å². The van der Waals surface area contributed by atoms with Gasteiger partial charge in [0.15, 0.2) is 5.11 Å². The molecule has 23 heavy (non-hydrogen) atoms. The minimum absolute atomic E-state index is 0.164.